The number of hydrogen-bond acceptors (Lipinski definition) is 1. The molecule has 1 fully saturated rings. The van der Waals surface area contributed by atoms with Gasteiger partial charge in [0.1, 0.15) is 0 Å². The number of allylic oxidation sites excluding steroid dienone is 1. The molecule has 0 unspecified atom stereocenters. The number of nitrogens with two attached hydrogens (primary N) is 1. The lowest BCUT2D eigenvalue weighted by molar-refractivity contribution is 0.704. The van der Waals surface area contributed by atoms with Gasteiger partial charge < -0.3 is 5.73 Å². The highest BCUT2D eigenvalue weighted by atomic mass is 14.7. The van der Waals surface area contributed by atoms with E-state index in [1.165, 1.54) is 24.0 Å². The lowest BCUT2D eigenvalue weighted by atomic mass is 9.93. The average molecular weight is 187 g/mol. The summed E-state index contributed by atoms with van der Waals surface area (Å²) in [5.74, 6) is 0. The molecule has 0 radical (unpaired) electrons. The van der Waals surface area contributed by atoms with Gasteiger partial charge in [0.05, 0.1) is 0 Å². The fourth-order valence-electron chi connectivity index (χ4n) is 1.88. The summed E-state index contributed by atoms with van der Waals surface area (Å²) in [6.45, 7) is 6.78. The van der Waals surface area contributed by atoms with Crippen LogP contribution in [0.5, 0.6) is 0 Å². The molecule has 2 N–H and O–H groups in total. The minimum Gasteiger partial charge on any atom is -0.330 e. The summed E-state index contributed by atoms with van der Waals surface area (Å²) in [5, 5.41) is 0. The topological polar surface area (TPSA) is 26.0 Å². The second kappa shape index (κ2) is 3.25. The van der Waals surface area contributed by atoms with Crippen molar-refractivity contribution in [2.24, 2.45) is 5.73 Å². The van der Waals surface area contributed by atoms with Crippen molar-refractivity contribution in [2.75, 3.05) is 6.54 Å². The van der Waals surface area contributed by atoms with Crippen molar-refractivity contribution in [2.45, 2.75) is 25.2 Å². The van der Waals surface area contributed by atoms with E-state index >= 15 is 0 Å². The molecule has 1 nitrogen and oxygen atoms in total. The van der Waals surface area contributed by atoms with Crippen molar-refractivity contribution in [3.63, 3.8) is 0 Å². The Labute approximate surface area is 85.6 Å². The molecule has 0 saturated heterocycles. The van der Waals surface area contributed by atoms with Gasteiger partial charge in [0.2, 0.25) is 0 Å². The third kappa shape index (κ3) is 1.48. The molecule has 1 aliphatic rings. The summed E-state index contributed by atoms with van der Waals surface area (Å²) in [7, 11) is 0. The smallest absolute Gasteiger partial charge is 0.00764 e. The Hall–Kier alpha value is -1.08. The second-order valence-corrected chi connectivity index (χ2v) is 4.35. The van der Waals surface area contributed by atoms with E-state index in [2.05, 4.69) is 30.8 Å². The molecule has 0 spiro atoms. The van der Waals surface area contributed by atoms with Crippen LogP contribution in [0.4, 0.5) is 0 Å². The molecule has 1 heteroatoms. The summed E-state index contributed by atoms with van der Waals surface area (Å²) >= 11 is 0. The quantitative estimate of drug-likeness (QED) is 0.773. The molecule has 0 atom stereocenters. The van der Waals surface area contributed by atoms with Crippen molar-refractivity contribution in [1.82, 2.24) is 0 Å². The molecular weight excluding hydrogens is 170 g/mol. The van der Waals surface area contributed by atoms with Gasteiger partial charge in [0, 0.05) is 12.0 Å². The minimum absolute atomic E-state index is 0.297. The normalized spacial score (nSPS) is 17.9. The Balaban J connectivity index is 2.36. The van der Waals surface area contributed by atoms with Crippen LogP contribution in [-0.2, 0) is 5.41 Å². The zero-order chi connectivity index (χ0) is 10.2. The van der Waals surface area contributed by atoms with Crippen LogP contribution in [0, 0.1) is 0 Å². The molecule has 1 aliphatic carbocycles. The highest BCUT2D eigenvalue weighted by Crippen LogP contribution is 2.47. The molecule has 74 valence electrons. The van der Waals surface area contributed by atoms with Gasteiger partial charge in [0.25, 0.3) is 0 Å². The Bertz CT molecular complexity index is 361. The predicted octanol–water partition coefficient (Wildman–Crippen LogP) is 2.71. The summed E-state index contributed by atoms with van der Waals surface area (Å²) in [4.78, 5) is 0. The fourth-order valence-corrected chi connectivity index (χ4v) is 1.88. The van der Waals surface area contributed by atoms with Crippen LogP contribution < -0.4 is 5.73 Å². The first kappa shape index (κ1) is 9.47. The molecular formula is C13H17N. The number of benzene rings is 1. The van der Waals surface area contributed by atoms with Crippen LogP contribution in [0.25, 0.3) is 5.57 Å². The van der Waals surface area contributed by atoms with E-state index in [0.29, 0.717) is 5.41 Å². The van der Waals surface area contributed by atoms with Crippen LogP contribution in [0.1, 0.15) is 30.9 Å². The lowest BCUT2D eigenvalue weighted by Crippen LogP contribution is -2.19. The Morgan fingerprint density at radius 2 is 2.21 bits per heavy atom. The molecule has 0 heterocycles. The molecule has 14 heavy (non-hydrogen) atoms. The van der Waals surface area contributed by atoms with E-state index < -0.39 is 0 Å². The van der Waals surface area contributed by atoms with Crippen LogP contribution in [0.15, 0.2) is 30.8 Å². The maximum atomic E-state index is 5.80. The number of rotatable bonds is 3. The van der Waals surface area contributed by atoms with Gasteiger partial charge in [-0.25, -0.2) is 0 Å². The SMILES string of the molecule is C=C(C)c1cccc(C2(CN)CC2)c1. The maximum Gasteiger partial charge on any atom is 0.00764 e. The zero-order valence-electron chi connectivity index (χ0n) is 8.72. The van der Waals surface area contributed by atoms with Crippen LogP contribution in [0.2, 0.25) is 0 Å². The van der Waals surface area contributed by atoms with Crippen LogP contribution >= 0.6 is 0 Å². The average Bonchev–Trinajstić information content (AvgIpc) is 2.98. The van der Waals surface area contributed by atoms with E-state index in [-0.39, 0.29) is 0 Å². The van der Waals surface area contributed by atoms with E-state index in [0.717, 1.165) is 12.1 Å². The first-order valence-corrected chi connectivity index (χ1v) is 5.14. The Morgan fingerprint density at radius 3 is 2.71 bits per heavy atom. The molecule has 1 saturated carbocycles. The van der Waals surface area contributed by atoms with Crippen molar-refractivity contribution < 1.29 is 0 Å². The molecule has 0 amide bonds. The third-order valence-electron chi connectivity index (χ3n) is 3.21. The Morgan fingerprint density at radius 1 is 1.50 bits per heavy atom. The summed E-state index contributed by atoms with van der Waals surface area (Å²) in [6, 6.07) is 8.64. The van der Waals surface area contributed by atoms with E-state index in [1.807, 2.05) is 6.92 Å². The van der Waals surface area contributed by atoms with Crippen LogP contribution in [0.3, 0.4) is 0 Å². The summed E-state index contributed by atoms with van der Waals surface area (Å²) in [5.41, 5.74) is 9.85. The van der Waals surface area contributed by atoms with Crippen molar-refractivity contribution in [3.05, 3.63) is 42.0 Å². The van der Waals surface area contributed by atoms with Crippen molar-refractivity contribution in [1.29, 1.82) is 0 Å². The van der Waals surface area contributed by atoms with Gasteiger partial charge in [-0.1, -0.05) is 36.4 Å². The van der Waals surface area contributed by atoms with Crippen molar-refractivity contribution >= 4 is 5.57 Å². The van der Waals surface area contributed by atoms with Gasteiger partial charge in [0.15, 0.2) is 0 Å². The minimum atomic E-state index is 0.297. The Kier molecular flexibility index (Phi) is 2.20. The molecule has 0 bridgehead atoms. The zero-order valence-corrected chi connectivity index (χ0v) is 8.72. The van der Waals surface area contributed by atoms with E-state index in [1.54, 1.807) is 0 Å². The van der Waals surface area contributed by atoms with E-state index in [4.69, 9.17) is 5.73 Å². The standard InChI is InChI=1S/C13H17N/c1-10(2)11-4-3-5-12(8-11)13(9-14)6-7-13/h3-5,8H,1,6-7,9,14H2,2H3. The van der Waals surface area contributed by atoms with Gasteiger partial charge in [-0.2, -0.15) is 0 Å². The molecule has 0 aliphatic heterocycles. The summed E-state index contributed by atoms with van der Waals surface area (Å²) in [6.07, 6.45) is 2.48. The highest BCUT2D eigenvalue weighted by molar-refractivity contribution is 5.62. The fraction of sp³-hybridized carbons (Fsp3) is 0.385. The van der Waals surface area contributed by atoms with Crippen molar-refractivity contribution in [3.8, 4) is 0 Å². The molecule has 2 rings (SSSR count). The van der Waals surface area contributed by atoms with Crippen LogP contribution in [-0.4, -0.2) is 6.54 Å². The van der Waals surface area contributed by atoms with Gasteiger partial charge in [-0.3, -0.25) is 0 Å². The second-order valence-electron chi connectivity index (χ2n) is 4.35. The molecule has 0 aromatic heterocycles. The van der Waals surface area contributed by atoms with Gasteiger partial charge in [-0.05, 0) is 30.9 Å². The first-order chi connectivity index (χ1) is 6.68. The predicted molar refractivity (Wildman–Crippen MR) is 61.1 cm³/mol. The van der Waals surface area contributed by atoms with E-state index in [9.17, 15) is 0 Å². The highest BCUT2D eigenvalue weighted by Gasteiger charge is 2.42. The third-order valence-corrected chi connectivity index (χ3v) is 3.21. The monoisotopic (exact) mass is 187 g/mol. The molecule has 1 aromatic rings. The number of hydrogen-bond donors (Lipinski definition) is 1. The summed E-state index contributed by atoms with van der Waals surface area (Å²) < 4.78 is 0. The van der Waals surface area contributed by atoms with Gasteiger partial charge >= 0.3 is 0 Å². The molecule has 1 aromatic carbocycles. The first-order valence-electron chi connectivity index (χ1n) is 5.14. The maximum absolute atomic E-state index is 5.80. The van der Waals surface area contributed by atoms with Gasteiger partial charge in [-0.15, -0.1) is 0 Å². The largest absolute Gasteiger partial charge is 0.330 e. The lowest BCUT2D eigenvalue weighted by Gasteiger charge is -2.13.